The standard InChI is InChI=1S/C23H33BN2O3/c1-6-15-10-11-16-13-18-17(14-25-26(18)19-9-7-8-12-27-19)21(20(15)16)24-28-22(2,3)23(4,5)29-24/h13-15,19H,6-12H2,1-5H3. The highest BCUT2D eigenvalue weighted by molar-refractivity contribution is 6.65. The predicted molar refractivity (Wildman–Crippen MR) is 116 cm³/mol. The minimum absolute atomic E-state index is 0.0359. The Labute approximate surface area is 174 Å². The summed E-state index contributed by atoms with van der Waals surface area (Å²) < 4.78 is 21.2. The first-order valence-electron chi connectivity index (χ1n) is 11.3. The van der Waals surface area contributed by atoms with Crippen LogP contribution in [0.1, 0.15) is 90.0 Å². The second kappa shape index (κ2) is 6.83. The van der Waals surface area contributed by atoms with E-state index < -0.39 is 0 Å². The average molecular weight is 396 g/mol. The van der Waals surface area contributed by atoms with Crippen LogP contribution in [0.3, 0.4) is 0 Å². The fourth-order valence-electron chi connectivity index (χ4n) is 5.22. The molecule has 0 amide bonds. The number of hydrogen-bond donors (Lipinski definition) is 0. The van der Waals surface area contributed by atoms with Crippen LogP contribution in [0, 0.1) is 0 Å². The molecule has 2 saturated heterocycles. The molecule has 0 N–H and O–H groups in total. The molecule has 1 aliphatic carbocycles. The fourth-order valence-corrected chi connectivity index (χ4v) is 5.22. The van der Waals surface area contributed by atoms with E-state index in [9.17, 15) is 0 Å². The molecule has 3 aliphatic rings. The van der Waals surface area contributed by atoms with Gasteiger partial charge in [0.05, 0.1) is 22.9 Å². The van der Waals surface area contributed by atoms with E-state index in [-0.39, 0.29) is 24.5 Å². The third-order valence-corrected chi connectivity index (χ3v) is 7.65. The van der Waals surface area contributed by atoms with Crippen LogP contribution >= 0.6 is 0 Å². The Kier molecular flexibility index (Phi) is 4.61. The summed E-state index contributed by atoms with van der Waals surface area (Å²) in [6.07, 6.45) is 8.88. The zero-order chi connectivity index (χ0) is 20.4. The molecule has 1 aromatic heterocycles. The summed E-state index contributed by atoms with van der Waals surface area (Å²) in [5.74, 6) is 0.567. The molecule has 2 atom stereocenters. The maximum Gasteiger partial charge on any atom is 0.495 e. The van der Waals surface area contributed by atoms with Gasteiger partial charge in [-0.15, -0.1) is 0 Å². The molecule has 1 aromatic carbocycles. The third-order valence-electron chi connectivity index (χ3n) is 7.65. The lowest BCUT2D eigenvalue weighted by Gasteiger charge is -2.32. The van der Waals surface area contributed by atoms with Crippen LogP contribution in [0.5, 0.6) is 0 Å². The molecule has 5 nitrogen and oxygen atoms in total. The van der Waals surface area contributed by atoms with Gasteiger partial charge in [-0.2, -0.15) is 5.10 Å². The van der Waals surface area contributed by atoms with E-state index in [4.69, 9.17) is 19.1 Å². The topological polar surface area (TPSA) is 45.5 Å². The van der Waals surface area contributed by atoms with Gasteiger partial charge in [0.25, 0.3) is 0 Å². The van der Waals surface area contributed by atoms with Gasteiger partial charge < -0.3 is 14.0 Å². The monoisotopic (exact) mass is 396 g/mol. The number of rotatable bonds is 3. The van der Waals surface area contributed by atoms with Crippen molar-refractivity contribution >= 4 is 23.5 Å². The molecular weight excluding hydrogens is 363 g/mol. The van der Waals surface area contributed by atoms with E-state index in [0.717, 1.165) is 43.2 Å². The molecule has 0 saturated carbocycles. The Bertz CT molecular complexity index is 914. The summed E-state index contributed by atoms with van der Waals surface area (Å²) in [5.41, 5.74) is 4.55. The first kappa shape index (κ1) is 19.6. The highest BCUT2D eigenvalue weighted by atomic mass is 16.7. The van der Waals surface area contributed by atoms with Crippen molar-refractivity contribution in [2.24, 2.45) is 0 Å². The number of nitrogens with zero attached hydrogens (tertiary/aromatic N) is 2. The maximum atomic E-state index is 6.54. The summed E-state index contributed by atoms with van der Waals surface area (Å²) in [6.45, 7) is 11.6. The van der Waals surface area contributed by atoms with Crippen molar-refractivity contribution in [2.75, 3.05) is 6.61 Å². The van der Waals surface area contributed by atoms with Crippen LogP contribution in [0.4, 0.5) is 0 Å². The molecule has 156 valence electrons. The van der Waals surface area contributed by atoms with Crippen molar-refractivity contribution in [3.05, 3.63) is 23.4 Å². The van der Waals surface area contributed by atoms with Crippen molar-refractivity contribution in [1.82, 2.24) is 9.78 Å². The normalized spacial score (nSPS) is 28.2. The minimum Gasteiger partial charge on any atom is -0.399 e. The second-order valence-electron chi connectivity index (χ2n) is 9.94. The summed E-state index contributed by atoms with van der Waals surface area (Å²) >= 11 is 0. The maximum absolute atomic E-state index is 6.54. The molecule has 2 aliphatic heterocycles. The zero-order valence-electron chi connectivity index (χ0n) is 18.5. The SMILES string of the molecule is CCC1CCc2cc3c(cnn3C3CCCCO3)c(B3OC(C)(C)C(C)(C)O3)c21. The summed E-state index contributed by atoms with van der Waals surface area (Å²) in [5, 5.41) is 5.96. The second-order valence-corrected chi connectivity index (χ2v) is 9.94. The molecule has 2 fully saturated rings. The summed E-state index contributed by atoms with van der Waals surface area (Å²) in [4.78, 5) is 0. The largest absolute Gasteiger partial charge is 0.495 e. The third kappa shape index (κ3) is 2.98. The van der Waals surface area contributed by atoms with Crippen LogP contribution < -0.4 is 5.46 Å². The van der Waals surface area contributed by atoms with Gasteiger partial charge in [0.15, 0.2) is 6.23 Å². The molecule has 0 spiro atoms. The van der Waals surface area contributed by atoms with Gasteiger partial charge in [0, 0.05) is 12.0 Å². The Morgan fingerprint density at radius 3 is 2.55 bits per heavy atom. The van der Waals surface area contributed by atoms with E-state index >= 15 is 0 Å². The van der Waals surface area contributed by atoms with Crippen LogP contribution in [0.25, 0.3) is 10.9 Å². The van der Waals surface area contributed by atoms with Crippen molar-refractivity contribution < 1.29 is 14.0 Å². The number of aromatic nitrogens is 2. The highest BCUT2D eigenvalue weighted by Gasteiger charge is 2.53. The van der Waals surface area contributed by atoms with E-state index in [0.29, 0.717) is 5.92 Å². The van der Waals surface area contributed by atoms with Crippen LogP contribution in [0.2, 0.25) is 0 Å². The molecule has 2 unspecified atom stereocenters. The lowest BCUT2D eigenvalue weighted by atomic mass is 9.71. The average Bonchev–Trinajstić information content (AvgIpc) is 3.34. The first-order chi connectivity index (χ1) is 13.8. The van der Waals surface area contributed by atoms with Gasteiger partial charge in [0.2, 0.25) is 0 Å². The Hall–Kier alpha value is -1.37. The molecule has 3 heterocycles. The molecule has 0 bridgehead atoms. The van der Waals surface area contributed by atoms with Crippen molar-refractivity contribution in [1.29, 1.82) is 0 Å². The van der Waals surface area contributed by atoms with Crippen molar-refractivity contribution in [3.63, 3.8) is 0 Å². The first-order valence-corrected chi connectivity index (χ1v) is 11.3. The van der Waals surface area contributed by atoms with Gasteiger partial charge in [0.1, 0.15) is 0 Å². The minimum atomic E-state index is -0.352. The van der Waals surface area contributed by atoms with Gasteiger partial charge >= 0.3 is 7.12 Å². The van der Waals surface area contributed by atoms with Gasteiger partial charge in [-0.3, -0.25) is 0 Å². The number of hydrogen-bond acceptors (Lipinski definition) is 4. The fraction of sp³-hybridized carbons (Fsp3) is 0.696. The van der Waals surface area contributed by atoms with Crippen LogP contribution in [-0.4, -0.2) is 34.7 Å². The number of aryl methyl sites for hydroxylation is 1. The number of ether oxygens (including phenoxy) is 1. The summed E-state index contributed by atoms with van der Waals surface area (Å²) in [6, 6.07) is 2.36. The van der Waals surface area contributed by atoms with Crippen LogP contribution in [0.15, 0.2) is 12.3 Å². The molecule has 5 rings (SSSR count). The van der Waals surface area contributed by atoms with E-state index in [1.165, 1.54) is 29.4 Å². The van der Waals surface area contributed by atoms with Gasteiger partial charge in [-0.25, -0.2) is 4.68 Å². The molecular formula is C23H33BN2O3. The van der Waals surface area contributed by atoms with E-state index in [1.54, 1.807) is 0 Å². The Morgan fingerprint density at radius 2 is 1.90 bits per heavy atom. The summed E-state index contributed by atoms with van der Waals surface area (Å²) in [7, 11) is -0.352. The smallest absolute Gasteiger partial charge is 0.399 e. The Balaban J connectivity index is 1.68. The van der Waals surface area contributed by atoms with Gasteiger partial charge in [-0.05, 0) is 94.8 Å². The number of benzene rings is 1. The van der Waals surface area contributed by atoms with E-state index in [2.05, 4.69) is 45.4 Å². The lowest BCUT2D eigenvalue weighted by molar-refractivity contribution is -0.0366. The zero-order valence-corrected chi connectivity index (χ0v) is 18.5. The van der Waals surface area contributed by atoms with Crippen LogP contribution in [-0.2, 0) is 20.5 Å². The quantitative estimate of drug-likeness (QED) is 0.718. The van der Waals surface area contributed by atoms with Gasteiger partial charge in [-0.1, -0.05) is 6.92 Å². The highest BCUT2D eigenvalue weighted by Crippen LogP contribution is 2.42. The van der Waals surface area contributed by atoms with E-state index in [1.807, 2.05) is 6.20 Å². The number of fused-ring (bicyclic) bond motifs is 2. The molecule has 6 heteroatoms. The predicted octanol–water partition coefficient (Wildman–Crippen LogP) is 4.47. The molecule has 0 radical (unpaired) electrons. The van der Waals surface area contributed by atoms with Crippen molar-refractivity contribution in [2.45, 2.75) is 96.5 Å². The molecule has 2 aromatic rings. The lowest BCUT2D eigenvalue weighted by Crippen LogP contribution is -2.41. The van der Waals surface area contributed by atoms with Crippen molar-refractivity contribution in [3.8, 4) is 0 Å². The molecule has 29 heavy (non-hydrogen) atoms. The Morgan fingerprint density at radius 1 is 1.14 bits per heavy atom.